The molecule has 0 bridgehead atoms. The maximum absolute atomic E-state index is 3.76. The molecule has 1 heterocycles. The maximum Gasteiger partial charge on any atom is 0.0557 e. The molecule has 2 aromatic rings. The lowest BCUT2D eigenvalue weighted by Gasteiger charge is -2.17. The van der Waals surface area contributed by atoms with Crippen molar-refractivity contribution < 1.29 is 0 Å². The van der Waals surface area contributed by atoms with Crippen LogP contribution in [0.25, 0.3) is 0 Å². The van der Waals surface area contributed by atoms with Gasteiger partial charge in [0.1, 0.15) is 0 Å². The first-order chi connectivity index (χ1) is 9.56. The van der Waals surface area contributed by atoms with Crippen LogP contribution in [0.15, 0.2) is 36.4 Å². The molecule has 0 saturated heterocycles. The molecule has 0 saturated carbocycles. The highest BCUT2D eigenvalue weighted by Crippen LogP contribution is 2.39. The zero-order valence-electron chi connectivity index (χ0n) is 12.8. The minimum Gasteiger partial charge on any atom is -0.377 e. The van der Waals surface area contributed by atoms with Gasteiger partial charge >= 0.3 is 0 Å². The first-order valence-electron chi connectivity index (χ1n) is 7.51. The number of hydrogen-bond donors (Lipinski definition) is 1. The second kappa shape index (κ2) is 4.97. The smallest absolute Gasteiger partial charge is 0.0557 e. The van der Waals surface area contributed by atoms with Crippen molar-refractivity contribution in [2.24, 2.45) is 0 Å². The molecule has 0 spiro atoms. The lowest BCUT2D eigenvalue weighted by Crippen LogP contribution is -2.08. The molecule has 1 atom stereocenters. The Bertz CT molecular complexity index is 640. The van der Waals surface area contributed by atoms with Crippen LogP contribution >= 0.6 is 0 Å². The molecule has 1 nitrogen and oxygen atoms in total. The van der Waals surface area contributed by atoms with Crippen molar-refractivity contribution in [3.8, 4) is 0 Å². The molecule has 3 rings (SSSR count). The minimum atomic E-state index is 0.422. The Morgan fingerprint density at radius 1 is 1.10 bits per heavy atom. The summed E-state index contributed by atoms with van der Waals surface area (Å²) in [5.41, 5.74) is 8.43. The van der Waals surface area contributed by atoms with Gasteiger partial charge in [-0.25, -0.2) is 0 Å². The van der Waals surface area contributed by atoms with Crippen molar-refractivity contribution in [1.82, 2.24) is 0 Å². The van der Waals surface area contributed by atoms with Crippen molar-refractivity contribution in [3.63, 3.8) is 0 Å². The zero-order valence-corrected chi connectivity index (χ0v) is 12.8. The fourth-order valence-electron chi connectivity index (χ4n) is 3.30. The number of hydrogen-bond acceptors (Lipinski definition) is 1. The van der Waals surface area contributed by atoms with Gasteiger partial charge in [-0.1, -0.05) is 55.8 Å². The molecule has 2 aromatic carbocycles. The summed E-state index contributed by atoms with van der Waals surface area (Å²) in [6.45, 7) is 8.91. The quantitative estimate of drug-likeness (QED) is 0.793. The fraction of sp³-hybridized carbons (Fsp3) is 0.368. The van der Waals surface area contributed by atoms with E-state index in [4.69, 9.17) is 0 Å². The van der Waals surface area contributed by atoms with Crippen LogP contribution < -0.4 is 5.32 Å². The Labute approximate surface area is 122 Å². The van der Waals surface area contributed by atoms with Crippen LogP contribution in [-0.4, -0.2) is 0 Å². The van der Waals surface area contributed by atoms with Gasteiger partial charge in [0.2, 0.25) is 0 Å². The van der Waals surface area contributed by atoms with Gasteiger partial charge in [0.15, 0.2) is 0 Å². The zero-order chi connectivity index (χ0) is 14.3. The SMILES string of the molecule is Cc1ccc(C2Cc3cccc(C(C)C)c3N2)c(C)c1. The molecular formula is C19H23N. The second-order valence-corrected chi connectivity index (χ2v) is 6.30. The van der Waals surface area contributed by atoms with Crippen LogP contribution in [0.2, 0.25) is 0 Å². The van der Waals surface area contributed by atoms with E-state index < -0.39 is 0 Å². The number of benzene rings is 2. The van der Waals surface area contributed by atoms with E-state index in [-0.39, 0.29) is 0 Å². The number of para-hydroxylation sites is 1. The average Bonchev–Trinajstić information content (AvgIpc) is 2.81. The molecule has 1 heteroatoms. The van der Waals surface area contributed by atoms with Crippen LogP contribution in [0, 0.1) is 13.8 Å². The molecule has 104 valence electrons. The van der Waals surface area contributed by atoms with E-state index in [2.05, 4.69) is 69.4 Å². The van der Waals surface area contributed by atoms with E-state index in [1.165, 1.54) is 33.5 Å². The van der Waals surface area contributed by atoms with Gasteiger partial charge in [0.25, 0.3) is 0 Å². The maximum atomic E-state index is 3.76. The third-order valence-corrected chi connectivity index (χ3v) is 4.35. The molecule has 0 fully saturated rings. The van der Waals surface area contributed by atoms with E-state index in [0.29, 0.717) is 12.0 Å². The normalized spacial score (nSPS) is 17.1. The van der Waals surface area contributed by atoms with Crippen LogP contribution in [0.4, 0.5) is 5.69 Å². The molecule has 20 heavy (non-hydrogen) atoms. The predicted molar refractivity (Wildman–Crippen MR) is 86.5 cm³/mol. The average molecular weight is 265 g/mol. The highest BCUT2D eigenvalue weighted by molar-refractivity contribution is 5.64. The molecule has 0 aliphatic carbocycles. The largest absolute Gasteiger partial charge is 0.377 e. The third-order valence-electron chi connectivity index (χ3n) is 4.35. The fourth-order valence-corrected chi connectivity index (χ4v) is 3.30. The van der Waals surface area contributed by atoms with Gasteiger partial charge in [0.05, 0.1) is 6.04 Å². The van der Waals surface area contributed by atoms with Crippen LogP contribution in [-0.2, 0) is 6.42 Å². The van der Waals surface area contributed by atoms with Crippen LogP contribution in [0.1, 0.15) is 53.6 Å². The summed E-state index contributed by atoms with van der Waals surface area (Å²) in [7, 11) is 0. The Hall–Kier alpha value is -1.76. The van der Waals surface area contributed by atoms with Crippen LogP contribution in [0.5, 0.6) is 0 Å². The Morgan fingerprint density at radius 2 is 1.90 bits per heavy atom. The molecule has 1 N–H and O–H groups in total. The number of fused-ring (bicyclic) bond motifs is 1. The summed E-state index contributed by atoms with van der Waals surface area (Å²) in [6, 6.07) is 13.9. The second-order valence-electron chi connectivity index (χ2n) is 6.30. The van der Waals surface area contributed by atoms with Crippen molar-refractivity contribution in [2.45, 2.75) is 46.1 Å². The molecular weight excluding hydrogens is 242 g/mol. The Morgan fingerprint density at radius 3 is 2.60 bits per heavy atom. The summed E-state index contributed by atoms with van der Waals surface area (Å²) >= 11 is 0. The van der Waals surface area contributed by atoms with Gasteiger partial charge in [-0.05, 0) is 48.4 Å². The molecule has 0 amide bonds. The Kier molecular flexibility index (Phi) is 3.29. The van der Waals surface area contributed by atoms with Crippen molar-refractivity contribution in [2.75, 3.05) is 5.32 Å². The highest BCUT2D eigenvalue weighted by Gasteiger charge is 2.25. The lowest BCUT2D eigenvalue weighted by molar-refractivity contribution is 0.813. The number of anilines is 1. The molecule has 1 aliphatic rings. The molecule has 1 aliphatic heterocycles. The van der Waals surface area contributed by atoms with E-state index in [9.17, 15) is 0 Å². The molecule has 0 radical (unpaired) electrons. The number of rotatable bonds is 2. The number of nitrogens with one attached hydrogen (secondary N) is 1. The Balaban J connectivity index is 1.96. The summed E-state index contributed by atoms with van der Waals surface area (Å²) in [6.07, 6.45) is 1.10. The third kappa shape index (κ3) is 2.22. The van der Waals surface area contributed by atoms with Gasteiger partial charge < -0.3 is 5.32 Å². The lowest BCUT2D eigenvalue weighted by atomic mass is 9.96. The predicted octanol–water partition coefficient (Wildman–Crippen LogP) is 5.14. The van der Waals surface area contributed by atoms with E-state index in [0.717, 1.165) is 6.42 Å². The molecule has 1 unspecified atom stereocenters. The van der Waals surface area contributed by atoms with Gasteiger partial charge in [0, 0.05) is 5.69 Å². The summed E-state index contributed by atoms with van der Waals surface area (Å²) in [5, 5.41) is 3.76. The van der Waals surface area contributed by atoms with Crippen molar-refractivity contribution in [1.29, 1.82) is 0 Å². The minimum absolute atomic E-state index is 0.422. The first kappa shape index (κ1) is 13.2. The topological polar surface area (TPSA) is 12.0 Å². The highest BCUT2D eigenvalue weighted by atomic mass is 15.0. The van der Waals surface area contributed by atoms with E-state index >= 15 is 0 Å². The monoisotopic (exact) mass is 265 g/mol. The van der Waals surface area contributed by atoms with E-state index in [1.807, 2.05) is 0 Å². The van der Waals surface area contributed by atoms with Crippen molar-refractivity contribution >= 4 is 5.69 Å². The first-order valence-corrected chi connectivity index (χ1v) is 7.51. The summed E-state index contributed by atoms with van der Waals surface area (Å²) in [5.74, 6) is 0.565. The summed E-state index contributed by atoms with van der Waals surface area (Å²) < 4.78 is 0. The van der Waals surface area contributed by atoms with E-state index in [1.54, 1.807) is 0 Å². The molecule has 0 aromatic heterocycles. The van der Waals surface area contributed by atoms with Gasteiger partial charge in [-0.15, -0.1) is 0 Å². The standard InChI is InChI=1S/C19H23N/c1-12(2)16-7-5-6-15-11-18(20-19(15)16)17-9-8-13(3)10-14(17)4/h5-10,12,18,20H,11H2,1-4H3. The van der Waals surface area contributed by atoms with Gasteiger partial charge in [-0.2, -0.15) is 0 Å². The van der Waals surface area contributed by atoms with Crippen LogP contribution in [0.3, 0.4) is 0 Å². The van der Waals surface area contributed by atoms with Crippen molar-refractivity contribution in [3.05, 3.63) is 64.2 Å². The van der Waals surface area contributed by atoms with Gasteiger partial charge in [-0.3, -0.25) is 0 Å². The number of aryl methyl sites for hydroxylation is 2. The summed E-state index contributed by atoms with van der Waals surface area (Å²) in [4.78, 5) is 0.